The fourth-order valence-electron chi connectivity index (χ4n) is 3.78. The number of rotatable bonds is 4. The second-order valence-electron chi connectivity index (χ2n) is 7.35. The number of likely N-dealkylation sites (tertiary alicyclic amines) is 1. The average molecular weight is 406 g/mol. The van der Waals surface area contributed by atoms with Gasteiger partial charge in [-0.15, -0.1) is 0 Å². The molecule has 2 fully saturated rings. The smallest absolute Gasteiger partial charge is 0.333 e. The lowest BCUT2D eigenvalue weighted by molar-refractivity contribution is 0.0547. The number of aromatic nitrogens is 4. The predicted octanol–water partition coefficient (Wildman–Crippen LogP) is 2.23. The van der Waals surface area contributed by atoms with Gasteiger partial charge in [-0.25, -0.2) is 14.6 Å². The molecule has 0 spiro atoms. The Morgan fingerprint density at radius 2 is 1.90 bits per heavy atom. The van der Waals surface area contributed by atoms with Gasteiger partial charge in [0.25, 0.3) is 5.91 Å². The molecule has 4 heterocycles. The quantitative estimate of drug-likeness (QED) is 0.775. The number of carbonyl (C=O) groups excluding carboxylic acids is 1. The number of hydrogen-bond acceptors (Lipinski definition) is 6. The number of amides is 1. The van der Waals surface area contributed by atoms with Gasteiger partial charge in [0.05, 0.1) is 13.2 Å². The van der Waals surface area contributed by atoms with E-state index in [0.29, 0.717) is 31.0 Å². The molecule has 0 unspecified atom stereocenters. The van der Waals surface area contributed by atoms with Crippen molar-refractivity contribution in [2.24, 2.45) is 0 Å². The van der Waals surface area contributed by atoms with Gasteiger partial charge in [-0.2, -0.15) is 13.9 Å². The first-order valence-corrected chi connectivity index (χ1v) is 9.82. The highest BCUT2D eigenvalue weighted by atomic mass is 19.3. The van der Waals surface area contributed by atoms with Crippen LogP contribution in [0.4, 0.5) is 14.6 Å². The number of hydrogen-bond donors (Lipinski definition) is 0. The number of aryl methyl sites for hydroxylation is 1. The molecule has 10 heteroatoms. The van der Waals surface area contributed by atoms with Crippen LogP contribution in [-0.4, -0.2) is 69.9 Å². The minimum Gasteiger partial charge on any atom is -0.378 e. The molecule has 0 radical (unpaired) electrons. The molecule has 2 aromatic heterocycles. The second kappa shape index (κ2) is 8.40. The van der Waals surface area contributed by atoms with Gasteiger partial charge in [-0.05, 0) is 25.8 Å². The van der Waals surface area contributed by atoms with Crippen molar-refractivity contribution in [1.29, 1.82) is 0 Å². The summed E-state index contributed by atoms with van der Waals surface area (Å²) < 4.78 is 31.3. The molecule has 156 valence electrons. The number of ether oxygens (including phenoxy) is 1. The average Bonchev–Trinajstić information content (AvgIpc) is 3.24. The summed E-state index contributed by atoms with van der Waals surface area (Å²) in [5.41, 5.74) is 0.970. The van der Waals surface area contributed by atoms with Crippen molar-refractivity contribution in [2.45, 2.75) is 32.2 Å². The summed E-state index contributed by atoms with van der Waals surface area (Å²) in [5.74, 6) is 1.58. The van der Waals surface area contributed by atoms with Gasteiger partial charge in [-0.3, -0.25) is 4.79 Å². The zero-order valence-corrected chi connectivity index (χ0v) is 16.3. The molecule has 0 aliphatic carbocycles. The van der Waals surface area contributed by atoms with Crippen molar-refractivity contribution in [3.05, 3.63) is 35.5 Å². The summed E-state index contributed by atoms with van der Waals surface area (Å²) in [5, 5.41) is 3.67. The topological polar surface area (TPSA) is 76.4 Å². The molecular weight excluding hydrogens is 382 g/mol. The molecule has 2 aliphatic heterocycles. The normalized spacial score (nSPS) is 18.5. The van der Waals surface area contributed by atoms with Crippen LogP contribution in [0.1, 0.15) is 47.3 Å². The number of morpholine rings is 1. The summed E-state index contributed by atoms with van der Waals surface area (Å²) in [6, 6.07) is 3.33. The predicted molar refractivity (Wildman–Crippen MR) is 101 cm³/mol. The highest BCUT2D eigenvalue weighted by Gasteiger charge is 2.28. The van der Waals surface area contributed by atoms with E-state index in [9.17, 15) is 13.6 Å². The Morgan fingerprint density at radius 1 is 1.17 bits per heavy atom. The zero-order valence-electron chi connectivity index (χ0n) is 16.3. The van der Waals surface area contributed by atoms with Gasteiger partial charge in [0, 0.05) is 50.1 Å². The van der Waals surface area contributed by atoms with Crippen LogP contribution in [0.3, 0.4) is 0 Å². The first-order valence-electron chi connectivity index (χ1n) is 9.82. The number of alkyl halides is 2. The third kappa shape index (κ3) is 4.36. The highest BCUT2D eigenvalue weighted by Crippen LogP contribution is 2.28. The van der Waals surface area contributed by atoms with Crippen molar-refractivity contribution in [3.8, 4) is 0 Å². The number of piperidine rings is 1. The van der Waals surface area contributed by atoms with Crippen molar-refractivity contribution in [1.82, 2.24) is 24.6 Å². The van der Waals surface area contributed by atoms with E-state index in [0.717, 1.165) is 49.5 Å². The van der Waals surface area contributed by atoms with Crippen LogP contribution < -0.4 is 4.90 Å². The maximum atomic E-state index is 12.7. The van der Waals surface area contributed by atoms with Crippen LogP contribution in [0, 0.1) is 6.92 Å². The molecule has 0 bridgehead atoms. The van der Waals surface area contributed by atoms with Crippen LogP contribution in [0.15, 0.2) is 18.3 Å². The number of halogens is 2. The van der Waals surface area contributed by atoms with Crippen LogP contribution >= 0.6 is 0 Å². The van der Waals surface area contributed by atoms with E-state index < -0.39 is 6.55 Å². The van der Waals surface area contributed by atoms with Crippen molar-refractivity contribution in [2.75, 3.05) is 44.3 Å². The zero-order chi connectivity index (χ0) is 20.4. The monoisotopic (exact) mass is 406 g/mol. The Kier molecular flexibility index (Phi) is 5.70. The molecule has 4 rings (SSSR count). The number of carbonyl (C=O) groups is 1. The van der Waals surface area contributed by atoms with Crippen molar-refractivity contribution in [3.63, 3.8) is 0 Å². The largest absolute Gasteiger partial charge is 0.378 e. The van der Waals surface area contributed by atoms with Gasteiger partial charge < -0.3 is 14.5 Å². The first kappa shape index (κ1) is 19.7. The molecule has 0 aromatic carbocycles. The van der Waals surface area contributed by atoms with E-state index in [1.165, 1.54) is 6.07 Å². The Balaban J connectivity index is 1.41. The lowest BCUT2D eigenvalue weighted by Gasteiger charge is -2.32. The standard InChI is InChI=1S/C19H24F2N6O2/c1-13-12-16(25-8-10-29-11-9-25)23-17(22-13)14-2-5-26(6-3-14)18(28)15-4-7-27(24-15)19(20)21/h4,7,12,14,19H,2-3,5-6,8-11H2,1H3. The summed E-state index contributed by atoms with van der Waals surface area (Å²) in [6.45, 7) is 3.28. The van der Waals surface area contributed by atoms with E-state index >= 15 is 0 Å². The molecule has 1 amide bonds. The van der Waals surface area contributed by atoms with Crippen LogP contribution in [0.2, 0.25) is 0 Å². The molecule has 2 saturated heterocycles. The van der Waals surface area contributed by atoms with Gasteiger partial charge in [0.1, 0.15) is 11.6 Å². The second-order valence-corrected chi connectivity index (χ2v) is 7.35. The lowest BCUT2D eigenvalue weighted by Crippen LogP contribution is -2.39. The summed E-state index contributed by atoms with van der Waals surface area (Å²) >= 11 is 0. The number of nitrogens with zero attached hydrogens (tertiary/aromatic N) is 6. The Morgan fingerprint density at radius 3 is 2.55 bits per heavy atom. The molecule has 0 atom stereocenters. The van der Waals surface area contributed by atoms with Gasteiger partial charge in [-0.1, -0.05) is 0 Å². The molecule has 2 aliphatic rings. The maximum Gasteiger partial charge on any atom is 0.333 e. The molecule has 2 aromatic rings. The van der Waals surface area contributed by atoms with Crippen LogP contribution in [-0.2, 0) is 4.74 Å². The summed E-state index contributed by atoms with van der Waals surface area (Å²) in [7, 11) is 0. The fourth-order valence-corrected chi connectivity index (χ4v) is 3.78. The molecule has 0 saturated carbocycles. The van der Waals surface area contributed by atoms with E-state index in [4.69, 9.17) is 9.72 Å². The third-order valence-corrected chi connectivity index (χ3v) is 5.37. The minimum absolute atomic E-state index is 0.0464. The fraction of sp³-hybridized carbons (Fsp3) is 0.579. The molecule has 8 nitrogen and oxygen atoms in total. The lowest BCUT2D eigenvalue weighted by atomic mass is 9.95. The van der Waals surface area contributed by atoms with E-state index in [1.54, 1.807) is 4.90 Å². The van der Waals surface area contributed by atoms with E-state index in [1.807, 2.05) is 13.0 Å². The first-order chi connectivity index (χ1) is 14.0. The van der Waals surface area contributed by atoms with Gasteiger partial charge >= 0.3 is 6.55 Å². The van der Waals surface area contributed by atoms with Gasteiger partial charge in [0.15, 0.2) is 5.69 Å². The van der Waals surface area contributed by atoms with Crippen LogP contribution in [0.5, 0.6) is 0 Å². The maximum absolute atomic E-state index is 12.7. The van der Waals surface area contributed by atoms with Crippen molar-refractivity contribution >= 4 is 11.7 Å². The Labute approximate surface area is 167 Å². The van der Waals surface area contributed by atoms with E-state index in [2.05, 4.69) is 15.0 Å². The molecular formula is C19H24F2N6O2. The van der Waals surface area contributed by atoms with E-state index in [-0.39, 0.29) is 17.5 Å². The van der Waals surface area contributed by atoms with Gasteiger partial charge in [0.2, 0.25) is 0 Å². The molecule has 0 N–H and O–H groups in total. The highest BCUT2D eigenvalue weighted by molar-refractivity contribution is 5.92. The van der Waals surface area contributed by atoms with Crippen molar-refractivity contribution < 1.29 is 18.3 Å². The number of anilines is 1. The third-order valence-electron chi connectivity index (χ3n) is 5.37. The molecule has 29 heavy (non-hydrogen) atoms. The minimum atomic E-state index is -2.75. The SMILES string of the molecule is Cc1cc(N2CCOCC2)nc(C2CCN(C(=O)c3ccn(C(F)F)n3)CC2)n1. The Bertz CT molecular complexity index is 860. The summed E-state index contributed by atoms with van der Waals surface area (Å²) in [4.78, 5) is 25.8. The summed E-state index contributed by atoms with van der Waals surface area (Å²) in [6.07, 6.45) is 2.58. The van der Waals surface area contributed by atoms with Crippen LogP contribution in [0.25, 0.3) is 0 Å². The Hall–Kier alpha value is -2.62.